The number of carbonyl (C=O) groups excluding carboxylic acids is 3. The number of carbonyl (C=O) groups is 3. The Labute approximate surface area is 186 Å². The SMILES string of the molecule is COC(=O)c1ccc([C@@H]2C(=C(O)c3c(C)nn(C)c3C)C(=O)C(=O)N2CCN(C)C)cc1. The largest absolute Gasteiger partial charge is 0.507 e. The smallest absolute Gasteiger partial charge is 0.337 e. The van der Waals surface area contributed by atoms with Gasteiger partial charge in [-0.25, -0.2) is 4.79 Å². The van der Waals surface area contributed by atoms with Crippen LogP contribution in [0.5, 0.6) is 0 Å². The van der Waals surface area contributed by atoms with E-state index >= 15 is 0 Å². The molecule has 1 fully saturated rings. The number of likely N-dealkylation sites (N-methyl/N-ethyl adjacent to an activating group) is 1. The van der Waals surface area contributed by atoms with Crippen LogP contribution in [0.4, 0.5) is 0 Å². The molecular formula is C23H28N4O5. The van der Waals surface area contributed by atoms with Crippen LogP contribution in [0.2, 0.25) is 0 Å². The van der Waals surface area contributed by atoms with E-state index in [4.69, 9.17) is 4.74 Å². The lowest BCUT2D eigenvalue weighted by molar-refractivity contribution is -0.140. The molecule has 2 heterocycles. The van der Waals surface area contributed by atoms with E-state index in [9.17, 15) is 19.5 Å². The molecule has 1 aromatic carbocycles. The van der Waals surface area contributed by atoms with Gasteiger partial charge >= 0.3 is 5.97 Å². The number of hydrogen-bond acceptors (Lipinski definition) is 7. The molecule has 0 spiro atoms. The summed E-state index contributed by atoms with van der Waals surface area (Å²) in [5, 5.41) is 15.6. The molecule has 1 aliphatic rings. The Morgan fingerprint density at radius 1 is 1.19 bits per heavy atom. The van der Waals surface area contributed by atoms with Crippen molar-refractivity contribution in [2.75, 3.05) is 34.3 Å². The number of Topliss-reactive ketones (excluding diaryl/α,β-unsaturated/α-hetero) is 1. The van der Waals surface area contributed by atoms with Gasteiger partial charge in [0.25, 0.3) is 11.7 Å². The molecule has 1 aliphatic heterocycles. The maximum absolute atomic E-state index is 13.1. The van der Waals surface area contributed by atoms with Crippen LogP contribution in [0.25, 0.3) is 5.76 Å². The Morgan fingerprint density at radius 3 is 2.31 bits per heavy atom. The summed E-state index contributed by atoms with van der Waals surface area (Å²) in [6, 6.07) is 5.70. The van der Waals surface area contributed by atoms with Crippen LogP contribution in [-0.4, -0.2) is 76.6 Å². The first-order chi connectivity index (χ1) is 15.1. The summed E-state index contributed by atoms with van der Waals surface area (Å²) < 4.78 is 6.36. The molecule has 1 amide bonds. The van der Waals surface area contributed by atoms with Gasteiger partial charge in [-0.1, -0.05) is 12.1 Å². The highest BCUT2D eigenvalue weighted by Gasteiger charge is 2.46. The van der Waals surface area contributed by atoms with Gasteiger partial charge in [-0.3, -0.25) is 14.3 Å². The first-order valence-corrected chi connectivity index (χ1v) is 10.2. The fraction of sp³-hybridized carbons (Fsp3) is 0.391. The van der Waals surface area contributed by atoms with Gasteiger partial charge in [0, 0.05) is 25.8 Å². The number of hydrogen-bond donors (Lipinski definition) is 1. The molecule has 9 heteroatoms. The predicted molar refractivity (Wildman–Crippen MR) is 118 cm³/mol. The maximum Gasteiger partial charge on any atom is 0.337 e. The third kappa shape index (κ3) is 4.03. The number of aliphatic hydroxyl groups excluding tert-OH is 1. The summed E-state index contributed by atoms with van der Waals surface area (Å²) in [7, 11) is 6.79. The Hall–Kier alpha value is -3.46. The van der Waals surface area contributed by atoms with Crippen molar-refractivity contribution < 1.29 is 24.2 Å². The second kappa shape index (κ2) is 8.96. The summed E-state index contributed by atoms with van der Waals surface area (Å²) in [6.45, 7) is 4.36. The minimum absolute atomic E-state index is 0.0128. The highest BCUT2D eigenvalue weighted by molar-refractivity contribution is 6.46. The molecule has 0 unspecified atom stereocenters. The number of rotatable bonds is 6. The fourth-order valence-electron chi connectivity index (χ4n) is 3.94. The van der Waals surface area contributed by atoms with E-state index in [2.05, 4.69) is 5.10 Å². The first-order valence-electron chi connectivity index (χ1n) is 10.2. The molecule has 1 saturated heterocycles. The third-order valence-electron chi connectivity index (χ3n) is 5.72. The molecule has 0 saturated carbocycles. The third-order valence-corrected chi connectivity index (χ3v) is 5.72. The van der Waals surface area contributed by atoms with Crippen LogP contribution in [0, 0.1) is 13.8 Å². The van der Waals surface area contributed by atoms with Gasteiger partial charge in [0.15, 0.2) is 0 Å². The van der Waals surface area contributed by atoms with Crippen molar-refractivity contribution in [1.82, 2.24) is 19.6 Å². The number of aliphatic hydroxyl groups is 1. The minimum atomic E-state index is -0.791. The molecular weight excluding hydrogens is 412 g/mol. The Balaban J connectivity index is 2.18. The molecule has 32 heavy (non-hydrogen) atoms. The van der Waals surface area contributed by atoms with E-state index in [1.54, 1.807) is 49.8 Å². The number of esters is 1. The number of aromatic nitrogens is 2. The van der Waals surface area contributed by atoms with Crippen molar-refractivity contribution in [1.29, 1.82) is 0 Å². The molecule has 0 bridgehead atoms. The van der Waals surface area contributed by atoms with E-state index in [1.165, 1.54) is 12.0 Å². The highest BCUT2D eigenvalue weighted by atomic mass is 16.5. The van der Waals surface area contributed by atoms with E-state index < -0.39 is 23.7 Å². The Kier molecular flexibility index (Phi) is 6.50. The van der Waals surface area contributed by atoms with Crippen LogP contribution in [0.1, 0.15) is 38.9 Å². The zero-order valence-corrected chi connectivity index (χ0v) is 19.2. The van der Waals surface area contributed by atoms with Gasteiger partial charge in [-0.05, 0) is 45.6 Å². The highest BCUT2D eigenvalue weighted by Crippen LogP contribution is 2.40. The van der Waals surface area contributed by atoms with Crippen LogP contribution in [0.15, 0.2) is 29.8 Å². The number of ether oxygens (including phenoxy) is 1. The molecule has 1 atom stereocenters. The second-order valence-corrected chi connectivity index (χ2v) is 8.08. The van der Waals surface area contributed by atoms with Crippen molar-refractivity contribution >= 4 is 23.4 Å². The number of likely N-dealkylation sites (tertiary alicyclic amines) is 1. The van der Waals surface area contributed by atoms with E-state index in [-0.39, 0.29) is 11.3 Å². The van der Waals surface area contributed by atoms with E-state index in [0.717, 1.165) is 0 Å². The molecule has 170 valence electrons. The second-order valence-electron chi connectivity index (χ2n) is 8.08. The number of benzene rings is 1. The van der Waals surface area contributed by atoms with E-state index in [0.29, 0.717) is 41.2 Å². The van der Waals surface area contributed by atoms with E-state index in [1.807, 2.05) is 19.0 Å². The van der Waals surface area contributed by atoms with Crippen LogP contribution in [0.3, 0.4) is 0 Å². The summed E-state index contributed by atoms with van der Waals surface area (Å²) in [5.74, 6) is -2.15. The number of ketones is 1. The van der Waals surface area contributed by atoms with Gasteiger partial charge in [0.05, 0.1) is 35.5 Å². The van der Waals surface area contributed by atoms with Gasteiger partial charge in [-0.15, -0.1) is 0 Å². The lowest BCUT2D eigenvalue weighted by Crippen LogP contribution is -2.35. The molecule has 3 rings (SSSR count). The molecule has 0 radical (unpaired) electrons. The zero-order chi connectivity index (χ0) is 23.7. The summed E-state index contributed by atoms with van der Waals surface area (Å²) in [6.07, 6.45) is 0. The van der Waals surface area contributed by atoms with Gasteiger partial charge in [-0.2, -0.15) is 5.10 Å². The lowest BCUT2D eigenvalue weighted by atomic mass is 9.94. The topological polar surface area (TPSA) is 105 Å². The predicted octanol–water partition coefficient (Wildman–Crippen LogP) is 1.81. The lowest BCUT2D eigenvalue weighted by Gasteiger charge is -2.26. The fourth-order valence-corrected chi connectivity index (χ4v) is 3.94. The van der Waals surface area contributed by atoms with Crippen molar-refractivity contribution in [2.45, 2.75) is 19.9 Å². The quantitative estimate of drug-likeness (QED) is 0.316. The number of aryl methyl sites for hydroxylation is 2. The average molecular weight is 441 g/mol. The molecule has 2 aromatic rings. The van der Waals surface area contributed by atoms with Gasteiger partial charge < -0.3 is 19.6 Å². The summed E-state index contributed by atoms with van der Waals surface area (Å²) >= 11 is 0. The maximum atomic E-state index is 13.1. The number of nitrogens with zero attached hydrogens (tertiary/aromatic N) is 4. The van der Waals surface area contributed by atoms with Crippen molar-refractivity contribution in [3.63, 3.8) is 0 Å². The Bertz CT molecular complexity index is 1100. The van der Waals surface area contributed by atoms with Gasteiger partial charge in [0.2, 0.25) is 0 Å². The normalized spacial score (nSPS) is 18.0. The average Bonchev–Trinajstić information content (AvgIpc) is 3.16. The first kappa shape index (κ1) is 23.2. The van der Waals surface area contributed by atoms with Crippen molar-refractivity contribution in [2.24, 2.45) is 7.05 Å². The van der Waals surface area contributed by atoms with Gasteiger partial charge in [0.1, 0.15) is 5.76 Å². The standard InChI is InChI=1S/C23H28N4O5/c1-13-17(14(2)26(5)24-13)20(28)18-19(15-7-9-16(10-8-15)23(31)32-6)27(12-11-25(3)4)22(30)21(18)29/h7-10,19,28H,11-12H2,1-6H3/t19-/m1/s1. The number of methoxy groups -OCH3 is 1. The summed E-state index contributed by atoms with van der Waals surface area (Å²) in [5.41, 5.74) is 2.64. The molecule has 1 N–H and O–H groups in total. The van der Waals surface area contributed by atoms with Crippen molar-refractivity contribution in [3.05, 3.63) is 57.9 Å². The molecule has 1 aromatic heterocycles. The Morgan fingerprint density at radius 2 is 1.81 bits per heavy atom. The molecule has 9 nitrogen and oxygen atoms in total. The monoisotopic (exact) mass is 440 g/mol. The minimum Gasteiger partial charge on any atom is -0.507 e. The number of amides is 1. The van der Waals surface area contributed by atoms with Crippen molar-refractivity contribution in [3.8, 4) is 0 Å². The summed E-state index contributed by atoms with van der Waals surface area (Å²) in [4.78, 5) is 41.2. The van der Waals surface area contributed by atoms with Crippen LogP contribution < -0.4 is 0 Å². The van der Waals surface area contributed by atoms with Crippen LogP contribution in [-0.2, 0) is 21.4 Å². The zero-order valence-electron chi connectivity index (χ0n) is 19.2. The molecule has 0 aliphatic carbocycles. The van der Waals surface area contributed by atoms with Crippen LogP contribution >= 0.6 is 0 Å².